The summed E-state index contributed by atoms with van der Waals surface area (Å²) >= 11 is 4.06. The summed E-state index contributed by atoms with van der Waals surface area (Å²) in [5, 5.41) is 4.86. The van der Waals surface area contributed by atoms with Crippen LogP contribution in [0.1, 0.15) is 40.9 Å². The molecule has 2 heterocycles. The molecule has 17 heavy (non-hydrogen) atoms. The zero-order valence-corrected chi connectivity index (χ0v) is 12.0. The molecule has 0 radical (unpaired) electrons. The third-order valence-electron chi connectivity index (χ3n) is 3.88. The van der Waals surface area contributed by atoms with Crippen LogP contribution in [0, 0.1) is 5.92 Å². The number of hydrogen-bond acceptors (Lipinski definition) is 4. The van der Waals surface area contributed by atoms with E-state index in [9.17, 15) is 0 Å². The van der Waals surface area contributed by atoms with Gasteiger partial charge in [-0.05, 0) is 56.6 Å². The molecule has 2 aliphatic rings. The lowest BCUT2D eigenvalue weighted by Gasteiger charge is -2.19. The molecule has 4 heteroatoms. The standard InChI is InChI=1S/C13H20N2S2/c1-14-12(9-6-7-16-8-9)13-15-10-4-2-3-5-11(10)17-13/h9,12,14H,2-8H2,1H3. The molecule has 2 nitrogen and oxygen atoms in total. The van der Waals surface area contributed by atoms with Crippen molar-refractivity contribution < 1.29 is 0 Å². The van der Waals surface area contributed by atoms with Crippen LogP contribution in [0.2, 0.25) is 0 Å². The fraction of sp³-hybridized carbons (Fsp3) is 0.769. The number of thiazole rings is 1. The van der Waals surface area contributed by atoms with E-state index in [0.29, 0.717) is 6.04 Å². The minimum absolute atomic E-state index is 0.501. The Balaban J connectivity index is 1.83. The quantitative estimate of drug-likeness (QED) is 0.912. The predicted octanol–water partition coefficient (Wildman–Crippen LogP) is 3.04. The third kappa shape index (κ3) is 2.40. The number of nitrogens with zero attached hydrogens (tertiary/aromatic N) is 1. The molecule has 1 aliphatic carbocycles. The average Bonchev–Trinajstić information content (AvgIpc) is 2.98. The van der Waals surface area contributed by atoms with E-state index >= 15 is 0 Å². The molecule has 1 fully saturated rings. The number of rotatable bonds is 3. The van der Waals surface area contributed by atoms with Crippen molar-refractivity contribution in [3.63, 3.8) is 0 Å². The highest BCUT2D eigenvalue weighted by Gasteiger charge is 2.29. The first-order valence-corrected chi connectivity index (χ1v) is 8.59. The van der Waals surface area contributed by atoms with Crippen molar-refractivity contribution in [3.8, 4) is 0 Å². The first kappa shape index (κ1) is 12.0. The molecule has 2 unspecified atom stereocenters. The summed E-state index contributed by atoms with van der Waals surface area (Å²) < 4.78 is 0. The maximum atomic E-state index is 4.91. The number of thioether (sulfide) groups is 1. The van der Waals surface area contributed by atoms with Gasteiger partial charge >= 0.3 is 0 Å². The van der Waals surface area contributed by atoms with Crippen molar-refractivity contribution in [2.24, 2.45) is 5.92 Å². The molecule has 1 aliphatic heterocycles. The second-order valence-corrected chi connectivity index (χ2v) is 7.28. The lowest BCUT2D eigenvalue weighted by atomic mass is 9.99. The topological polar surface area (TPSA) is 24.9 Å². The molecule has 0 amide bonds. The molecule has 1 saturated heterocycles. The monoisotopic (exact) mass is 268 g/mol. The second kappa shape index (κ2) is 5.29. The Bertz CT molecular complexity index is 359. The van der Waals surface area contributed by atoms with Gasteiger partial charge in [0.05, 0.1) is 11.7 Å². The van der Waals surface area contributed by atoms with Crippen LogP contribution < -0.4 is 5.32 Å². The highest BCUT2D eigenvalue weighted by Crippen LogP contribution is 2.37. The summed E-state index contributed by atoms with van der Waals surface area (Å²) in [6, 6.07) is 0.501. The van der Waals surface area contributed by atoms with Gasteiger partial charge in [-0.25, -0.2) is 4.98 Å². The summed E-state index contributed by atoms with van der Waals surface area (Å²) in [6.07, 6.45) is 6.52. The maximum absolute atomic E-state index is 4.91. The van der Waals surface area contributed by atoms with E-state index in [-0.39, 0.29) is 0 Å². The van der Waals surface area contributed by atoms with Gasteiger partial charge in [-0.2, -0.15) is 11.8 Å². The minimum Gasteiger partial charge on any atom is -0.311 e. The van der Waals surface area contributed by atoms with Crippen LogP contribution in [0.5, 0.6) is 0 Å². The van der Waals surface area contributed by atoms with Crippen molar-refractivity contribution in [3.05, 3.63) is 15.6 Å². The molecular formula is C13H20N2S2. The Morgan fingerprint density at radius 1 is 1.35 bits per heavy atom. The molecule has 0 spiro atoms. The molecule has 0 aromatic carbocycles. The molecule has 0 bridgehead atoms. The largest absolute Gasteiger partial charge is 0.311 e. The summed E-state index contributed by atoms with van der Waals surface area (Å²) in [7, 11) is 2.09. The van der Waals surface area contributed by atoms with Crippen molar-refractivity contribution in [2.75, 3.05) is 18.6 Å². The van der Waals surface area contributed by atoms with Crippen LogP contribution in [0.4, 0.5) is 0 Å². The van der Waals surface area contributed by atoms with Crippen molar-refractivity contribution in [2.45, 2.75) is 38.1 Å². The van der Waals surface area contributed by atoms with Gasteiger partial charge in [-0.15, -0.1) is 11.3 Å². The van der Waals surface area contributed by atoms with Gasteiger partial charge in [-0.1, -0.05) is 0 Å². The molecule has 1 N–H and O–H groups in total. The molecular weight excluding hydrogens is 248 g/mol. The summed E-state index contributed by atoms with van der Waals surface area (Å²) in [5.74, 6) is 3.42. The lowest BCUT2D eigenvalue weighted by Crippen LogP contribution is -2.25. The smallest absolute Gasteiger partial charge is 0.110 e. The number of fused-ring (bicyclic) bond motifs is 1. The number of nitrogens with one attached hydrogen (secondary N) is 1. The average molecular weight is 268 g/mol. The Kier molecular flexibility index (Phi) is 3.73. The van der Waals surface area contributed by atoms with Crippen LogP contribution in [-0.4, -0.2) is 23.5 Å². The fourth-order valence-electron chi connectivity index (χ4n) is 2.88. The highest BCUT2D eigenvalue weighted by molar-refractivity contribution is 7.99. The number of aryl methyl sites for hydroxylation is 2. The molecule has 0 saturated carbocycles. The van der Waals surface area contributed by atoms with Crippen molar-refractivity contribution >= 4 is 23.1 Å². The Morgan fingerprint density at radius 3 is 2.94 bits per heavy atom. The first-order chi connectivity index (χ1) is 8.38. The van der Waals surface area contributed by atoms with Crippen molar-refractivity contribution in [1.29, 1.82) is 0 Å². The number of aromatic nitrogens is 1. The minimum atomic E-state index is 0.501. The van der Waals surface area contributed by atoms with E-state index in [0.717, 1.165) is 5.92 Å². The Labute approximate surface area is 112 Å². The van der Waals surface area contributed by atoms with Crippen LogP contribution in [0.25, 0.3) is 0 Å². The van der Waals surface area contributed by atoms with Crippen LogP contribution >= 0.6 is 23.1 Å². The van der Waals surface area contributed by atoms with E-state index in [2.05, 4.69) is 24.1 Å². The van der Waals surface area contributed by atoms with Gasteiger partial charge in [0.2, 0.25) is 0 Å². The summed E-state index contributed by atoms with van der Waals surface area (Å²) in [6.45, 7) is 0. The molecule has 94 valence electrons. The van der Waals surface area contributed by atoms with E-state index in [4.69, 9.17) is 4.98 Å². The Hall–Kier alpha value is -0.0600. The van der Waals surface area contributed by atoms with E-state index < -0.39 is 0 Å². The van der Waals surface area contributed by atoms with E-state index in [1.165, 1.54) is 54.3 Å². The van der Waals surface area contributed by atoms with Crippen LogP contribution in [0.15, 0.2) is 0 Å². The van der Waals surface area contributed by atoms with Gasteiger partial charge in [-0.3, -0.25) is 0 Å². The number of hydrogen-bond donors (Lipinski definition) is 1. The molecule has 1 aromatic rings. The highest BCUT2D eigenvalue weighted by atomic mass is 32.2. The van der Waals surface area contributed by atoms with Crippen LogP contribution in [-0.2, 0) is 12.8 Å². The van der Waals surface area contributed by atoms with Crippen molar-refractivity contribution in [1.82, 2.24) is 10.3 Å². The van der Waals surface area contributed by atoms with Gasteiger partial charge in [0.25, 0.3) is 0 Å². The predicted molar refractivity (Wildman–Crippen MR) is 76.0 cm³/mol. The maximum Gasteiger partial charge on any atom is 0.110 e. The van der Waals surface area contributed by atoms with Crippen LogP contribution in [0.3, 0.4) is 0 Å². The normalized spacial score (nSPS) is 25.8. The first-order valence-electron chi connectivity index (χ1n) is 6.62. The second-order valence-electron chi connectivity index (χ2n) is 5.02. The SMILES string of the molecule is CNC(c1nc2c(s1)CCCC2)C1CCSC1. The van der Waals surface area contributed by atoms with Gasteiger partial charge < -0.3 is 5.32 Å². The fourth-order valence-corrected chi connectivity index (χ4v) is 5.54. The summed E-state index contributed by atoms with van der Waals surface area (Å²) in [4.78, 5) is 6.48. The zero-order chi connectivity index (χ0) is 11.7. The third-order valence-corrected chi connectivity index (χ3v) is 6.30. The summed E-state index contributed by atoms with van der Waals surface area (Å²) in [5.41, 5.74) is 1.40. The zero-order valence-electron chi connectivity index (χ0n) is 10.4. The molecule has 3 rings (SSSR count). The molecule has 1 aromatic heterocycles. The van der Waals surface area contributed by atoms with E-state index in [1.807, 2.05) is 11.3 Å². The molecule has 2 atom stereocenters. The van der Waals surface area contributed by atoms with Gasteiger partial charge in [0.15, 0.2) is 0 Å². The Morgan fingerprint density at radius 2 is 2.24 bits per heavy atom. The lowest BCUT2D eigenvalue weighted by molar-refractivity contribution is 0.418. The van der Waals surface area contributed by atoms with E-state index in [1.54, 1.807) is 4.88 Å². The van der Waals surface area contributed by atoms with Gasteiger partial charge in [0.1, 0.15) is 5.01 Å². The van der Waals surface area contributed by atoms with Gasteiger partial charge in [0, 0.05) is 4.88 Å².